The normalized spacial score (nSPS) is 10.6. The smallest absolute Gasteiger partial charge is 0.232 e. The second-order valence-corrected chi connectivity index (χ2v) is 5.84. The highest BCUT2D eigenvalue weighted by atomic mass is 32.2. The second-order valence-electron chi connectivity index (χ2n) is 4.79. The fourth-order valence-corrected chi connectivity index (χ4v) is 2.70. The lowest BCUT2D eigenvalue weighted by atomic mass is 10.3. The highest BCUT2D eigenvalue weighted by Gasteiger charge is 2.08. The van der Waals surface area contributed by atoms with Crippen LogP contribution in [-0.2, 0) is 5.75 Å². The zero-order valence-electron chi connectivity index (χ0n) is 12.4. The number of nitrogens with one attached hydrogen (secondary N) is 1. The Morgan fingerprint density at radius 2 is 1.75 bits per heavy atom. The van der Waals surface area contributed by atoms with Crippen LogP contribution in [0.5, 0.6) is 0 Å². The van der Waals surface area contributed by atoms with Crippen molar-refractivity contribution in [3.8, 4) is 0 Å². The minimum atomic E-state index is -0.887. The molecule has 3 N–H and O–H groups in total. The number of thioether (sulfide) groups is 1. The maximum absolute atomic E-state index is 13.2. The summed E-state index contributed by atoms with van der Waals surface area (Å²) < 4.78 is 26.1. The number of para-hydroxylation sites is 1. The number of rotatable bonds is 5. The van der Waals surface area contributed by atoms with E-state index in [0.717, 1.165) is 17.8 Å². The van der Waals surface area contributed by atoms with Crippen LogP contribution in [0.3, 0.4) is 0 Å². The van der Waals surface area contributed by atoms with E-state index in [1.165, 1.54) is 17.8 Å². The summed E-state index contributed by atoms with van der Waals surface area (Å²) in [6.45, 7) is 0. The van der Waals surface area contributed by atoms with Gasteiger partial charge in [0.15, 0.2) is 11.6 Å². The second kappa shape index (κ2) is 7.22. The first-order valence-corrected chi connectivity index (χ1v) is 7.99. The number of benzene rings is 2. The molecule has 5 nitrogen and oxygen atoms in total. The van der Waals surface area contributed by atoms with Crippen LogP contribution in [0.4, 0.5) is 26.4 Å². The Hall–Kier alpha value is -2.74. The Bertz CT molecular complexity index is 845. The summed E-state index contributed by atoms with van der Waals surface area (Å²) in [6.07, 6.45) is 0. The molecule has 8 heteroatoms. The minimum absolute atomic E-state index is 0.0873. The maximum Gasteiger partial charge on any atom is 0.232 e. The fourth-order valence-electron chi connectivity index (χ4n) is 1.92. The molecule has 24 heavy (non-hydrogen) atoms. The molecular formula is C16H13F2N5S. The molecular weight excluding hydrogens is 332 g/mol. The van der Waals surface area contributed by atoms with Crippen molar-refractivity contribution in [2.45, 2.75) is 10.6 Å². The quantitative estimate of drug-likeness (QED) is 0.686. The van der Waals surface area contributed by atoms with Crippen LogP contribution in [0.15, 0.2) is 53.4 Å². The van der Waals surface area contributed by atoms with Gasteiger partial charge in [0.25, 0.3) is 0 Å². The molecule has 0 unspecified atom stereocenters. The van der Waals surface area contributed by atoms with E-state index in [0.29, 0.717) is 22.4 Å². The third kappa shape index (κ3) is 4.17. The number of nitrogen functional groups attached to an aromatic ring is 1. The fraction of sp³-hybridized carbons (Fsp3) is 0.0625. The molecule has 0 amide bonds. The van der Waals surface area contributed by atoms with Crippen molar-refractivity contribution >= 4 is 29.3 Å². The first-order valence-electron chi connectivity index (χ1n) is 7.00. The molecule has 0 spiro atoms. The van der Waals surface area contributed by atoms with Crippen molar-refractivity contribution in [2.24, 2.45) is 0 Å². The number of aromatic nitrogens is 3. The Labute approximate surface area is 141 Å². The van der Waals surface area contributed by atoms with Gasteiger partial charge in [-0.15, -0.1) is 11.8 Å². The predicted octanol–water partition coefficient (Wildman–Crippen LogP) is 3.77. The van der Waals surface area contributed by atoms with Gasteiger partial charge < -0.3 is 11.1 Å². The Kier molecular flexibility index (Phi) is 4.85. The summed E-state index contributed by atoms with van der Waals surface area (Å²) in [4.78, 5) is 12.9. The van der Waals surface area contributed by atoms with Gasteiger partial charge in [0.05, 0.1) is 5.75 Å². The van der Waals surface area contributed by atoms with E-state index in [1.807, 2.05) is 30.3 Å². The molecule has 0 fully saturated rings. The number of nitrogens with zero attached hydrogens (tertiary/aromatic N) is 3. The zero-order chi connectivity index (χ0) is 16.9. The summed E-state index contributed by atoms with van der Waals surface area (Å²) in [5.74, 6) is -0.560. The third-order valence-corrected chi connectivity index (χ3v) is 3.98. The van der Waals surface area contributed by atoms with Gasteiger partial charge in [-0.25, -0.2) is 8.78 Å². The number of hydrogen-bond donors (Lipinski definition) is 2. The first-order chi connectivity index (χ1) is 11.6. The van der Waals surface area contributed by atoms with Gasteiger partial charge >= 0.3 is 0 Å². The van der Waals surface area contributed by atoms with Crippen molar-refractivity contribution in [3.05, 3.63) is 66.0 Å². The molecule has 1 heterocycles. The highest BCUT2D eigenvalue weighted by molar-refractivity contribution is 7.98. The average molecular weight is 345 g/mol. The molecule has 0 radical (unpaired) electrons. The summed E-state index contributed by atoms with van der Waals surface area (Å²) >= 11 is 1.28. The van der Waals surface area contributed by atoms with Crippen molar-refractivity contribution < 1.29 is 8.78 Å². The van der Waals surface area contributed by atoms with Crippen LogP contribution in [0.1, 0.15) is 5.82 Å². The van der Waals surface area contributed by atoms with Crippen LogP contribution in [0.25, 0.3) is 0 Å². The lowest BCUT2D eigenvalue weighted by Gasteiger charge is -2.07. The van der Waals surface area contributed by atoms with Crippen LogP contribution in [0.2, 0.25) is 0 Å². The number of hydrogen-bond acceptors (Lipinski definition) is 6. The molecule has 0 aliphatic carbocycles. The van der Waals surface area contributed by atoms with Crippen molar-refractivity contribution in [1.29, 1.82) is 0 Å². The molecule has 2 aromatic carbocycles. The minimum Gasteiger partial charge on any atom is -0.368 e. The molecule has 3 rings (SSSR count). The van der Waals surface area contributed by atoms with E-state index in [-0.39, 0.29) is 5.95 Å². The topological polar surface area (TPSA) is 76.7 Å². The molecule has 1 aromatic heterocycles. The van der Waals surface area contributed by atoms with Crippen molar-refractivity contribution in [1.82, 2.24) is 15.0 Å². The molecule has 3 aromatic rings. The molecule has 0 saturated heterocycles. The van der Waals surface area contributed by atoms with E-state index in [1.54, 1.807) is 0 Å². The standard InChI is InChI=1S/C16H13F2N5S/c17-12-7-6-11(8-13(12)18)24-9-14-21-15(19)23-16(22-14)20-10-4-2-1-3-5-10/h1-8H,9H2,(H3,19,20,21,22,23). The van der Waals surface area contributed by atoms with E-state index in [9.17, 15) is 8.78 Å². The summed E-state index contributed by atoms with van der Waals surface area (Å²) in [7, 11) is 0. The average Bonchev–Trinajstić information content (AvgIpc) is 2.56. The molecule has 122 valence electrons. The largest absolute Gasteiger partial charge is 0.368 e. The van der Waals surface area contributed by atoms with Gasteiger partial charge in [-0.1, -0.05) is 18.2 Å². The van der Waals surface area contributed by atoms with Gasteiger partial charge in [-0.3, -0.25) is 0 Å². The van der Waals surface area contributed by atoms with Crippen LogP contribution in [-0.4, -0.2) is 15.0 Å². The predicted molar refractivity (Wildman–Crippen MR) is 89.9 cm³/mol. The van der Waals surface area contributed by atoms with Gasteiger partial charge in [0, 0.05) is 10.6 Å². The van der Waals surface area contributed by atoms with Gasteiger partial charge in [-0.2, -0.15) is 15.0 Å². The number of nitrogens with two attached hydrogens (primary N) is 1. The van der Waals surface area contributed by atoms with Gasteiger partial charge in [0.2, 0.25) is 11.9 Å². The monoisotopic (exact) mass is 345 g/mol. The summed E-state index contributed by atoms with van der Waals surface area (Å²) in [5.41, 5.74) is 6.53. The van der Waals surface area contributed by atoms with Crippen molar-refractivity contribution in [2.75, 3.05) is 11.1 Å². The highest BCUT2D eigenvalue weighted by Crippen LogP contribution is 2.24. The Balaban J connectivity index is 1.72. The summed E-state index contributed by atoms with van der Waals surface area (Å²) in [6, 6.07) is 13.1. The summed E-state index contributed by atoms with van der Waals surface area (Å²) in [5, 5.41) is 3.04. The first kappa shape index (κ1) is 16.1. The molecule has 0 saturated carbocycles. The number of anilines is 3. The van der Waals surface area contributed by atoms with Crippen molar-refractivity contribution in [3.63, 3.8) is 0 Å². The number of halogens is 2. The molecule has 0 aliphatic heterocycles. The lowest BCUT2D eigenvalue weighted by molar-refractivity contribution is 0.506. The Morgan fingerprint density at radius 3 is 2.50 bits per heavy atom. The van der Waals surface area contributed by atoms with Gasteiger partial charge in [0.1, 0.15) is 5.82 Å². The van der Waals surface area contributed by atoms with E-state index < -0.39 is 11.6 Å². The van der Waals surface area contributed by atoms with Crippen LogP contribution in [0, 0.1) is 11.6 Å². The van der Waals surface area contributed by atoms with E-state index in [4.69, 9.17) is 5.73 Å². The molecule has 0 atom stereocenters. The van der Waals surface area contributed by atoms with E-state index in [2.05, 4.69) is 20.3 Å². The third-order valence-electron chi connectivity index (χ3n) is 2.99. The SMILES string of the molecule is Nc1nc(CSc2ccc(F)c(F)c2)nc(Nc2ccccc2)n1. The maximum atomic E-state index is 13.2. The Morgan fingerprint density at radius 1 is 0.958 bits per heavy atom. The zero-order valence-corrected chi connectivity index (χ0v) is 13.2. The van der Waals surface area contributed by atoms with E-state index >= 15 is 0 Å². The van der Waals surface area contributed by atoms with Crippen LogP contribution >= 0.6 is 11.8 Å². The van der Waals surface area contributed by atoms with Crippen LogP contribution < -0.4 is 11.1 Å². The van der Waals surface area contributed by atoms with Gasteiger partial charge in [-0.05, 0) is 30.3 Å². The molecule has 0 aliphatic rings. The molecule has 0 bridgehead atoms. The lowest BCUT2D eigenvalue weighted by Crippen LogP contribution is -2.06.